The van der Waals surface area contributed by atoms with Crippen molar-refractivity contribution in [2.24, 2.45) is 0 Å². The number of rotatable bonds is 7. The van der Waals surface area contributed by atoms with Crippen LogP contribution in [0.15, 0.2) is 66.7 Å². The van der Waals surface area contributed by atoms with Crippen LogP contribution in [0.5, 0.6) is 5.75 Å². The number of carbonyl (C=O) groups is 1. The second kappa shape index (κ2) is 9.63. The molecule has 0 saturated carbocycles. The number of hydrogen-bond acceptors (Lipinski definition) is 3. The van der Waals surface area contributed by atoms with Crippen molar-refractivity contribution in [1.82, 2.24) is 0 Å². The number of nitrogens with one attached hydrogen (secondary N) is 1. The predicted molar refractivity (Wildman–Crippen MR) is 126 cm³/mol. The standard InChI is InChI=1S/C27H24F3NO3/c1-31-21-13-18(12-19(14-21)26(32)33)22-8-5-9-23(22)24-15-20(27(28,29)30)10-11-25(24)34-16-17-6-3-2-4-7-17/h2-4,6-7,10-15,31H,5,8-9,16H2,1H3,(H,32,33). The molecule has 0 radical (unpaired) electrons. The van der Waals surface area contributed by atoms with Crippen LogP contribution in [0, 0.1) is 0 Å². The van der Waals surface area contributed by atoms with Gasteiger partial charge in [0.05, 0.1) is 11.1 Å². The summed E-state index contributed by atoms with van der Waals surface area (Å²) in [7, 11) is 1.69. The first-order valence-electron chi connectivity index (χ1n) is 10.9. The van der Waals surface area contributed by atoms with Gasteiger partial charge in [-0.2, -0.15) is 13.2 Å². The summed E-state index contributed by atoms with van der Waals surface area (Å²) in [5, 5.41) is 12.5. The van der Waals surface area contributed by atoms with E-state index in [1.54, 1.807) is 13.1 Å². The van der Waals surface area contributed by atoms with Crippen LogP contribution in [0.25, 0.3) is 11.1 Å². The zero-order valence-electron chi connectivity index (χ0n) is 18.6. The van der Waals surface area contributed by atoms with E-state index in [-0.39, 0.29) is 12.2 Å². The summed E-state index contributed by atoms with van der Waals surface area (Å²) in [5.74, 6) is -0.695. The Morgan fingerprint density at radius 1 is 1.00 bits per heavy atom. The smallest absolute Gasteiger partial charge is 0.416 e. The van der Waals surface area contributed by atoms with E-state index < -0.39 is 17.7 Å². The molecule has 0 amide bonds. The van der Waals surface area contributed by atoms with Gasteiger partial charge in [0.1, 0.15) is 12.4 Å². The van der Waals surface area contributed by atoms with Crippen LogP contribution in [0.3, 0.4) is 0 Å². The van der Waals surface area contributed by atoms with E-state index in [1.807, 2.05) is 36.4 Å². The Labute approximate surface area is 195 Å². The Bertz CT molecular complexity index is 1230. The molecule has 0 spiro atoms. The molecule has 3 aromatic carbocycles. The lowest BCUT2D eigenvalue weighted by molar-refractivity contribution is -0.137. The van der Waals surface area contributed by atoms with E-state index in [4.69, 9.17) is 4.74 Å². The van der Waals surface area contributed by atoms with Gasteiger partial charge in [-0.05, 0) is 77.9 Å². The predicted octanol–water partition coefficient (Wildman–Crippen LogP) is 7.12. The van der Waals surface area contributed by atoms with Crippen molar-refractivity contribution in [2.75, 3.05) is 12.4 Å². The number of anilines is 1. The molecule has 0 aromatic heterocycles. The Morgan fingerprint density at radius 2 is 1.74 bits per heavy atom. The first kappa shape index (κ1) is 23.4. The van der Waals surface area contributed by atoms with Crippen LogP contribution in [0.1, 0.15) is 51.9 Å². The lowest BCUT2D eigenvalue weighted by atomic mass is 9.93. The number of halogens is 3. The monoisotopic (exact) mass is 467 g/mol. The molecule has 0 fully saturated rings. The molecule has 0 unspecified atom stereocenters. The summed E-state index contributed by atoms with van der Waals surface area (Å²) in [5.41, 5.74) is 3.56. The average Bonchev–Trinajstić information content (AvgIpc) is 3.32. The van der Waals surface area contributed by atoms with Crippen LogP contribution < -0.4 is 10.1 Å². The number of ether oxygens (including phenoxy) is 1. The molecule has 0 aliphatic heterocycles. The van der Waals surface area contributed by atoms with Gasteiger partial charge in [-0.1, -0.05) is 30.3 Å². The summed E-state index contributed by atoms with van der Waals surface area (Å²) in [6.45, 7) is 0.222. The number of aromatic carboxylic acids is 1. The second-order valence-electron chi connectivity index (χ2n) is 8.15. The highest BCUT2D eigenvalue weighted by Gasteiger charge is 2.32. The van der Waals surface area contributed by atoms with Crippen molar-refractivity contribution in [3.8, 4) is 5.75 Å². The molecule has 4 nitrogen and oxygen atoms in total. The molecule has 2 N–H and O–H groups in total. The van der Waals surface area contributed by atoms with E-state index in [2.05, 4.69) is 5.32 Å². The molecule has 0 bridgehead atoms. The summed E-state index contributed by atoms with van der Waals surface area (Å²) in [6.07, 6.45) is -2.53. The lowest BCUT2D eigenvalue weighted by Crippen LogP contribution is -2.07. The minimum Gasteiger partial charge on any atom is -0.488 e. The molecule has 0 heterocycles. The molecule has 1 aliphatic rings. The molecule has 1 aliphatic carbocycles. The quantitative estimate of drug-likeness (QED) is 0.388. The lowest BCUT2D eigenvalue weighted by Gasteiger charge is -2.18. The topological polar surface area (TPSA) is 58.6 Å². The molecule has 7 heteroatoms. The van der Waals surface area contributed by atoms with Crippen LogP contribution in [0.2, 0.25) is 0 Å². The highest BCUT2D eigenvalue weighted by atomic mass is 19.4. The first-order chi connectivity index (χ1) is 16.3. The van der Waals surface area contributed by atoms with Gasteiger partial charge in [-0.25, -0.2) is 4.79 Å². The highest BCUT2D eigenvalue weighted by Crippen LogP contribution is 2.45. The Balaban J connectivity index is 1.82. The van der Waals surface area contributed by atoms with Crippen molar-refractivity contribution >= 4 is 22.8 Å². The average molecular weight is 467 g/mol. The molecule has 176 valence electrons. The van der Waals surface area contributed by atoms with Crippen molar-refractivity contribution in [3.05, 3.63) is 94.5 Å². The molecular formula is C27H24F3NO3. The van der Waals surface area contributed by atoms with Crippen LogP contribution in [0.4, 0.5) is 18.9 Å². The van der Waals surface area contributed by atoms with Gasteiger partial charge in [0.15, 0.2) is 0 Å². The third-order valence-electron chi connectivity index (χ3n) is 5.90. The normalized spacial score (nSPS) is 13.8. The van der Waals surface area contributed by atoms with Crippen LogP contribution in [-0.4, -0.2) is 18.1 Å². The summed E-state index contributed by atoms with van der Waals surface area (Å²) in [4.78, 5) is 11.6. The fourth-order valence-corrected chi connectivity index (χ4v) is 4.23. The number of allylic oxidation sites excluding steroid dienone is 2. The van der Waals surface area contributed by atoms with E-state index in [0.717, 1.165) is 35.3 Å². The van der Waals surface area contributed by atoms with E-state index in [0.29, 0.717) is 35.4 Å². The Kier molecular flexibility index (Phi) is 6.63. The summed E-state index contributed by atoms with van der Waals surface area (Å²) < 4.78 is 46.7. The Hall–Kier alpha value is -3.74. The molecule has 3 aromatic rings. The summed E-state index contributed by atoms with van der Waals surface area (Å²) >= 11 is 0. The Morgan fingerprint density at radius 3 is 2.41 bits per heavy atom. The zero-order valence-corrected chi connectivity index (χ0v) is 18.6. The van der Waals surface area contributed by atoms with Gasteiger partial charge in [-0.15, -0.1) is 0 Å². The van der Waals surface area contributed by atoms with Gasteiger partial charge in [-0.3, -0.25) is 0 Å². The molecule has 0 atom stereocenters. The fourth-order valence-electron chi connectivity index (χ4n) is 4.23. The van der Waals surface area contributed by atoms with Gasteiger partial charge in [0.25, 0.3) is 0 Å². The van der Waals surface area contributed by atoms with Crippen molar-refractivity contribution in [1.29, 1.82) is 0 Å². The minimum absolute atomic E-state index is 0.116. The largest absolute Gasteiger partial charge is 0.488 e. The van der Waals surface area contributed by atoms with Crippen molar-refractivity contribution in [2.45, 2.75) is 32.0 Å². The molecule has 4 rings (SSSR count). The first-order valence-corrected chi connectivity index (χ1v) is 10.9. The molecule has 0 saturated heterocycles. The summed E-state index contributed by atoms with van der Waals surface area (Å²) in [6, 6.07) is 17.9. The van der Waals surface area contributed by atoms with Gasteiger partial charge in [0, 0.05) is 18.3 Å². The second-order valence-corrected chi connectivity index (χ2v) is 8.15. The van der Waals surface area contributed by atoms with Gasteiger partial charge >= 0.3 is 12.1 Å². The number of benzene rings is 3. The molecular weight excluding hydrogens is 443 g/mol. The number of carboxylic acids is 1. The maximum atomic E-state index is 13.6. The number of carboxylic acid groups (broad SMARTS) is 1. The van der Waals surface area contributed by atoms with E-state index in [1.165, 1.54) is 12.1 Å². The third-order valence-corrected chi connectivity index (χ3v) is 5.90. The van der Waals surface area contributed by atoms with Gasteiger partial charge in [0.2, 0.25) is 0 Å². The van der Waals surface area contributed by atoms with Crippen molar-refractivity contribution < 1.29 is 27.8 Å². The van der Waals surface area contributed by atoms with Crippen LogP contribution >= 0.6 is 0 Å². The maximum Gasteiger partial charge on any atom is 0.416 e. The van der Waals surface area contributed by atoms with Crippen molar-refractivity contribution in [3.63, 3.8) is 0 Å². The minimum atomic E-state index is -4.49. The number of alkyl halides is 3. The van der Waals surface area contributed by atoms with Crippen LogP contribution in [-0.2, 0) is 12.8 Å². The SMILES string of the molecule is CNc1cc(C(=O)O)cc(C2=C(c3cc(C(F)(F)F)ccc3OCc3ccccc3)CCC2)c1. The third kappa shape index (κ3) is 5.09. The molecule has 34 heavy (non-hydrogen) atoms. The fraction of sp³-hybridized carbons (Fsp3) is 0.222. The highest BCUT2D eigenvalue weighted by molar-refractivity contribution is 5.97. The van der Waals surface area contributed by atoms with E-state index in [9.17, 15) is 23.1 Å². The van der Waals surface area contributed by atoms with E-state index >= 15 is 0 Å². The number of hydrogen-bond donors (Lipinski definition) is 2. The van der Waals surface area contributed by atoms with Gasteiger partial charge < -0.3 is 15.2 Å². The maximum absolute atomic E-state index is 13.6. The zero-order chi connectivity index (χ0) is 24.3.